The first kappa shape index (κ1) is 55.9. The van der Waals surface area contributed by atoms with Crippen LogP contribution in [0.5, 0.6) is 0 Å². The first-order valence-corrected chi connectivity index (χ1v) is 23.9. The second-order valence-electron chi connectivity index (χ2n) is 21.4. The first-order valence-electron chi connectivity index (χ1n) is 23.9. The van der Waals surface area contributed by atoms with Crippen LogP contribution in [0.3, 0.4) is 0 Å². The minimum Gasteiger partial charge on any atom is -0.339 e. The quantitative estimate of drug-likeness (QED) is 0.183. The second kappa shape index (κ2) is 24.1. The van der Waals surface area contributed by atoms with E-state index in [-0.39, 0.29) is 29.0 Å². The Morgan fingerprint density at radius 1 is 0.344 bits per heavy atom. The zero-order valence-corrected chi connectivity index (χ0v) is 42.4. The molecule has 61 heavy (non-hydrogen) atoms. The molecule has 4 aliphatic rings. The van der Waals surface area contributed by atoms with Crippen molar-refractivity contribution in [3.8, 4) is 0 Å². The fourth-order valence-electron chi connectivity index (χ4n) is 11.3. The van der Waals surface area contributed by atoms with Crippen LogP contribution in [0, 0.1) is 69.0 Å². The molecule has 0 unspecified atom stereocenters. The molecule has 0 saturated carbocycles. The van der Waals surface area contributed by atoms with E-state index in [1.165, 1.54) is 30.7 Å². The Labute approximate surface area is 376 Å². The molecule has 4 heterocycles. The molecule has 0 aromatic heterocycles. The minimum atomic E-state index is 0.0712. The highest BCUT2D eigenvalue weighted by Gasteiger charge is 2.49. The monoisotopic (exact) mass is 851 g/mol. The van der Waals surface area contributed by atoms with Gasteiger partial charge in [0.15, 0.2) is 0 Å². The fraction of sp³-hybridized carbons (Fsp3) is 0.774. The molecule has 0 atom stereocenters. The van der Waals surface area contributed by atoms with Gasteiger partial charge in [0.25, 0.3) is 0 Å². The molecule has 0 spiro atoms. The normalized spacial score (nSPS) is 20.1. The van der Waals surface area contributed by atoms with Gasteiger partial charge < -0.3 is 19.6 Å². The van der Waals surface area contributed by atoms with E-state index < -0.39 is 0 Å². The van der Waals surface area contributed by atoms with Gasteiger partial charge in [-0.05, 0) is 120 Å². The Morgan fingerprint density at radius 2 is 0.590 bits per heavy atom. The van der Waals surface area contributed by atoms with E-state index >= 15 is 0 Å². The third kappa shape index (κ3) is 13.2. The van der Waals surface area contributed by atoms with Gasteiger partial charge in [-0.2, -0.15) is 0 Å². The van der Waals surface area contributed by atoms with Crippen molar-refractivity contribution in [1.29, 1.82) is 0 Å². The fourth-order valence-corrected chi connectivity index (χ4v) is 11.3. The van der Waals surface area contributed by atoms with Crippen molar-refractivity contribution in [3.05, 3.63) is 50.6 Å². The van der Waals surface area contributed by atoms with Crippen molar-refractivity contribution < 1.29 is 19.2 Å². The number of rotatable bonds is 12. The largest absolute Gasteiger partial charge is 0.339 e. The number of carbonyl (C=O) groups is 4. The van der Waals surface area contributed by atoms with Crippen LogP contribution in [0.25, 0.3) is 0 Å². The molecule has 8 heteroatoms. The highest BCUT2D eigenvalue weighted by molar-refractivity contribution is 5.88. The summed E-state index contributed by atoms with van der Waals surface area (Å²) in [5, 5.41) is 0. The van der Waals surface area contributed by atoms with Crippen molar-refractivity contribution in [2.24, 2.45) is 69.0 Å². The van der Waals surface area contributed by atoms with E-state index in [1.54, 1.807) is 0 Å². The standard InChI is InChI=1S/2C14H25NO.C13H23NO.C12H21NO/c1-6-13(16)15-9-7-14(8-10-15,11(2)3)12(4)5;1-6-13(16)15-9-7-8-14(10-15,11(2)3)12(4)5;1-6-12(15)14-8-7-13(9-14,10(2)3)11(4)5;1-6-11(14)13-7-12(8-13,9(2)3)10(4)5/h2*6,11-12H,1,7-10H2,2-5H3;6,10-11H,1,7-9H2,2-5H3;6,9-10H,1,7-8H2,2-5H3. The second-order valence-corrected chi connectivity index (χ2v) is 21.4. The average molecular weight is 851 g/mol. The Bertz CT molecular complexity index is 1420. The zero-order chi connectivity index (χ0) is 47.3. The maximum atomic E-state index is 11.7. The van der Waals surface area contributed by atoms with E-state index in [9.17, 15) is 19.2 Å². The van der Waals surface area contributed by atoms with Gasteiger partial charge in [0, 0.05) is 57.8 Å². The summed E-state index contributed by atoms with van der Waals surface area (Å²) in [6, 6.07) is 0. The van der Waals surface area contributed by atoms with Crippen LogP contribution < -0.4 is 0 Å². The van der Waals surface area contributed by atoms with Crippen molar-refractivity contribution in [1.82, 2.24) is 19.6 Å². The Balaban J connectivity index is 0.000000407. The smallest absolute Gasteiger partial charge is 0.245 e. The summed E-state index contributed by atoms with van der Waals surface area (Å²) in [5.41, 5.74) is 1.34. The highest BCUT2D eigenvalue weighted by Crippen LogP contribution is 2.47. The van der Waals surface area contributed by atoms with Crippen LogP contribution in [0.15, 0.2) is 50.6 Å². The molecule has 4 rings (SSSR count). The average Bonchev–Trinajstić information content (AvgIpc) is 3.67. The van der Waals surface area contributed by atoms with E-state index in [0.717, 1.165) is 78.0 Å². The van der Waals surface area contributed by atoms with Gasteiger partial charge in [-0.25, -0.2) is 0 Å². The van der Waals surface area contributed by atoms with Gasteiger partial charge in [0.2, 0.25) is 23.6 Å². The predicted molar refractivity (Wildman–Crippen MR) is 259 cm³/mol. The van der Waals surface area contributed by atoms with Crippen LogP contribution in [0.2, 0.25) is 0 Å². The highest BCUT2D eigenvalue weighted by atomic mass is 16.2. The molecule has 4 amide bonds. The first-order chi connectivity index (χ1) is 28.2. The zero-order valence-electron chi connectivity index (χ0n) is 42.4. The molecule has 0 aromatic rings. The van der Waals surface area contributed by atoms with Gasteiger partial charge in [0.05, 0.1) is 0 Å². The van der Waals surface area contributed by atoms with Crippen LogP contribution in [0.1, 0.15) is 143 Å². The molecule has 0 bridgehead atoms. The van der Waals surface area contributed by atoms with Gasteiger partial charge >= 0.3 is 0 Å². The minimum absolute atomic E-state index is 0.0712. The molecule has 350 valence electrons. The third-order valence-electron chi connectivity index (χ3n) is 16.7. The van der Waals surface area contributed by atoms with Crippen LogP contribution in [-0.2, 0) is 19.2 Å². The molecule has 4 fully saturated rings. The van der Waals surface area contributed by atoms with E-state index in [1.807, 2.05) is 19.6 Å². The van der Waals surface area contributed by atoms with Gasteiger partial charge in [-0.1, -0.05) is 137 Å². The van der Waals surface area contributed by atoms with Gasteiger partial charge in [-0.15, -0.1) is 0 Å². The van der Waals surface area contributed by atoms with Gasteiger partial charge in [-0.3, -0.25) is 19.2 Å². The van der Waals surface area contributed by atoms with Crippen LogP contribution in [-0.4, -0.2) is 95.6 Å². The number of carbonyl (C=O) groups excluding carboxylic acids is 4. The van der Waals surface area contributed by atoms with Crippen molar-refractivity contribution in [2.75, 3.05) is 52.4 Å². The van der Waals surface area contributed by atoms with E-state index in [0.29, 0.717) is 63.6 Å². The Hall–Kier alpha value is -3.16. The maximum absolute atomic E-state index is 11.7. The Kier molecular flexibility index (Phi) is 22.0. The third-order valence-corrected chi connectivity index (χ3v) is 16.7. The SMILES string of the molecule is C=CC(=O)N1CC(C(C)C)(C(C)C)C1.C=CC(=O)N1CCC(C(C)C)(C(C)C)C1.C=CC(=O)N1CCC(C(C)C)(C(C)C)CC1.C=CC(=O)N1CCCC(C(C)C)(C(C)C)C1. The summed E-state index contributed by atoms with van der Waals surface area (Å²) in [5.74, 6) is 5.46. The lowest BCUT2D eigenvalue weighted by molar-refractivity contribution is -0.145. The summed E-state index contributed by atoms with van der Waals surface area (Å²) < 4.78 is 0. The number of likely N-dealkylation sites (tertiary alicyclic amines) is 4. The number of amides is 4. The molecule has 4 aliphatic heterocycles. The van der Waals surface area contributed by atoms with Gasteiger partial charge in [0.1, 0.15) is 0 Å². The molecule has 8 nitrogen and oxygen atoms in total. The molecule has 0 aliphatic carbocycles. The molecule has 0 aromatic carbocycles. The van der Waals surface area contributed by atoms with Crippen LogP contribution >= 0.6 is 0 Å². The van der Waals surface area contributed by atoms with Crippen molar-refractivity contribution in [2.45, 2.75) is 143 Å². The lowest BCUT2D eigenvalue weighted by Crippen LogP contribution is -2.62. The number of piperidine rings is 2. The number of nitrogens with zero attached hydrogens (tertiary/aromatic N) is 4. The topological polar surface area (TPSA) is 81.2 Å². The Morgan fingerprint density at radius 3 is 0.902 bits per heavy atom. The number of hydrogen-bond acceptors (Lipinski definition) is 4. The summed E-state index contributed by atoms with van der Waals surface area (Å²) >= 11 is 0. The maximum Gasteiger partial charge on any atom is 0.245 e. The summed E-state index contributed by atoms with van der Waals surface area (Å²) in [6.07, 6.45) is 11.4. The van der Waals surface area contributed by atoms with E-state index in [4.69, 9.17) is 0 Å². The molecule has 0 N–H and O–H groups in total. The predicted octanol–water partition coefficient (Wildman–Crippen LogP) is 11.2. The van der Waals surface area contributed by atoms with Crippen molar-refractivity contribution >= 4 is 23.6 Å². The van der Waals surface area contributed by atoms with Crippen molar-refractivity contribution in [3.63, 3.8) is 0 Å². The molecule has 0 radical (unpaired) electrons. The molecule has 4 saturated heterocycles. The van der Waals surface area contributed by atoms with E-state index in [2.05, 4.69) is 137 Å². The lowest BCUT2D eigenvalue weighted by Gasteiger charge is -2.55. The van der Waals surface area contributed by atoms with Crippen LogP contribution in [0.4, 0.5) is 0 Å². The molecular weight excluding hydrogens is 757 g/mol. The summed E-state index contributed by atoms with van der Waals surface area (Å²) in [4.78, 5) is 53.8. The summed E-state index contributed by atoms with van der Waals surface area (Å²) in [6.45, 7) is 57.8. The number of hydrogen-bond donors (Lipinski definition) is 0. The molecular formula is C53H94N4O4. The summed E-state index contributed by atoms with van der Waals surface area (Å²) in [7, 11) is 0. The lowest BCUT2D eigenvalue weighted by atomic mass is 9.63.